The maximum atomic E-state index is 12.5. The molecule has 0 N–H and O–H groups in total. The molecule has 4 saturated carbocycles. The molecule has 6 heteroatoms. The molecule has 2 aliphatic heterocycles. The number of carbonyl (C=O) groups is 2. The minimum atomic E-state index is -0.111. The second kappa shape index (κ2) is 10.8. The molecule has 6 rings (SSSR count). The second-order valence-electron chi connectivity index (χ2n) is 15.8. The SMILES string of the molecule is CC(=O)OC1C[C@@H]2CC[C@@H]3[C@@H](CC[C@]4(C)C(OC(C)=O)C([N+]5(C)CCCCC5)C[C@@H]34)[C@@]2(C)CC1N1CCCCC1. The molecule has 226 valence electrons. The summed E-state index contributed by atoms with van der Waals surface area (Å²) < 4.78 is 13.5. The molecule has 0 aromatic rings. The Hall–Kier alpha value is -1.14. The Morgan fingerprint density at radius 3 is 2.15 bits per heavy atom. The van der Waals surface area contributed by atoms with Crippen molar-refractivity contribution in [2.75, 3.05) is 33.2 Å². The van der Waals surface area contributed by atoms with E-state index in [0.29, 0.717) is 35.3 Å². The van der Waals surface area contributed by atoms with Crippen molar-refractivity contribution in [3.8, 4) is 0 Å². The molecule has 0 amide bonds. The Kier molecular flexibility index (Phi) is 7.85. The summed E-state index contributed by atoms with van der Waals surface area (Å²) in [7, 11) is 2.47. The van der Waals surface area contributed by atoms with Crippen molar-refractivity contribution in [3.63, 3.8) is 0 Å². The maximum Gasteiger partial charge on any atom is 0.303 e. The molecule has 0 bridgehead atoms. The maximum absolute atomic E-state index is 12.5. The topological polar surface area (TPSA) is 55.8 Å². The summed E-state index contributed by atoms with van der Waals surface area (Å²) >= 11 is 0. The van der Waals surface area contributed by atoms with E-state index in [1.54, 1.807) is 13.8 Å². The van der Waals surface area contributed by atoms with Gasteiger partial charge in [0.15, 0.2) is 6.10 Å². The van der Waals surface area contributed by atoms with Crippen molar-refractivity contribution >= 4 is 11.9 Å². The molecule has 10 atom stereocenters. The van der Waals surface area contributed by atoms with Gasteiger partial charge in [0.25, 0.3) is 0 Å². The van der Waals surface area contributed by atoms with Crippen LogP contribution in [0.2, 0.25) is 0 Å². The van der Waals surface area contributed by atoms with Crippen LogP contribution in [0.3, 0.4) is 0 Å². The Balaban J connectivity index is 1.29. The summed E-state index contributed by atoms with van der Waals surface area (Å²) in [5.41, 5.74) is 0.377. The second-order valence-corrected chi connectivity index (χ2v) is 15.8. The Morgan fingerprint density at radius 2 is 1.48 bits per heavy atom. The predicted molar refractivity (Wildman–Crippen MR) is 156 cm³/mol. The van der Waals surface area contributed by atoms with Crippen molar-refractivity contribution < 1.29 is 23.5 Å². The average Bonchev–Trinajstić information content (AvgIpc) is 3.21. The van der Waals surface area contributed by atoms with Crippen LogP contribution in [-0.2, 0) is 19.1 Å². The fraction of sp³-hybridized carbons (Fsp3) is 0.941. The number of likely N-dealkylation sites (tertiary alicyclic amines) is 2. The first-order chi connectivity index (χ1) is 19.0. The molecule has 0 radical (unpaired) electrons. The van der Waals surface area contributed by atoms with Crippen LogP contribution in [-0.4, -0.2) is 78.8 Å². The molecule has 0 aromatic heterocycles. The lowest BCUT2D eigenvalue weighted by molar-refractivity contribution is -0.940. The number of fused-ring (bicyclic) bond motifs is 5. The van der Waals surface area contributed by atoms with Gasteiger partial charge in [0.2, 0.25) is 0 Å². The third kappa shape index (κ3) is 4.85. The zero-order chi connectivity index (χ0) is 28.3. The Bertz CT molecular complexity index is 958. The Morgan fingerprint density at radius 1 is 0.800 bits per heavy atom. The number of likely N-dealkylation sites (N-methyl/N-ethyl adjacent to an activating group) is 1. The molecule has 4 aliphatic carbocycles. The lowest BCUT2D eigenvalue weighted by atomic mass is 9.44. The van der Waals surface area contributed by atoms with Crippen LogP contribution in [0.15, 0.2) is 0 Å². The van der Waals surface area contributed by atoms with Crippen molar-refractivity contribution in [2.45, 2.75) is 135 Å². The van der Waals surface area contributed by atoms with Crippen molar-refractivity contribution in [3.05, 3.63) is 0 Å². The van der Waals surface area contributed by atoms with E-state index in [4.69, 9.17) is 9.47 Å². The van der Waals surface area contributed by atoms with E-state index in [2.05, 4.69) is 25.8 Å². The summed E-state index contributed by atoms with van der Waals surface area (Å²) in [6.45, 7) is 13.1. The zero-order valence-corrected chi connectivity index (χ0v) is 26.2. The highest BCUT2D eigenvalue weighted by Gasteiger charge is 2.67. The average molecular weight is 558 g/mol. The smallest absolute Gasteiger partial charge is 0.303 e. The number of hydrogen-bond donors (Lipinski definition) is 0. The first-order valence-corrected chi connectivity index (χ1v) is 17.0. The monoisotopic (exact) mass is 557 g/mol. The summed E-state index contributed by atoms with van der Waals surface area (Å²) in [6, 6.07) is 0.796. The molecule has 40 heavy (non-hydrogen) atoms. The van der Waals surface area contributed by atoms with E-state index in [-0.39, 0.29) is 29.6 Å². The van der Waals surface area contributed by atoms with E-state index in [1.165, 1.54) is 90.1 Å². The van der Waals surface area contributed by atoms with Crippen molar-refractivity contribution in [1.82, 2.24) is 4.90 Å². The van der Waals surface area contributed by atoms with Gasteiger partial charge in [0, 0.05) is 31.7 Å². The predicted octanol–water partition coefficient (Wildman–Crippen LogP) is 5.97. The van der Waals surface area contributed by atoms with Crippen molar-refractivity contribution in [1.29, 1.82) is 0 Å². The standard InChI is InChI=1S/C34H57N2O4/c1-23(37)39-31-20-25-12-13-26-27(34(25,4)22-29(31)35-16-8-6-9-17-35)14-15-33(3)28(26)21-30(32(33)40-24(2)38)36(5)18-10-7-11-19-36/h25-32H,6-22H2,1-5H3/q+1/t25-,26+,27+,28-,29?,30?,31?,32?,33-,34-/m0/s1. The molecule has 0 spiro atoms. The number of hydrogen-bond acceptors (Lipinski definition) is 5. The highest BCUT2D eigenvalue weighted by molar-refractivity contribution is 5.66. The number of rotatable bonds is 4. The quantitative estimate of drug-likeness (QED) is 0.315. The van der Waals surface area contributed by atoms with Crippen LogP contribution >= 0.6 is 0 Å². The van der Waals surface area contributed by atoms with Gasteiger partial charge in [0.05, 0.1) is 20.1 Å². The summed E-state index contributed by atoms with van der Waals surface area (Å²) in [5, 5.41) is 0. The lowest BCUT2D eigenvalue weighted by Crippen LogP contribution is -2.61. The van der Waals surface area contributed by atoms with E-state index >= 15 is 0 Å². The highest BCUT2D eigenvalue weighted by atomic mass is 16.5. The first-order valence-electron chi connectivity index (χ1n) is 17.0. The van der Waals surface area contributed by atoms with Crippen LogP contribution < -0.4 is 0 Å². The van der Waals surface area contributed by atoms with Gasteiger partial charge < -0.3 is 14.0 Å². The van der Waals surface area contributed by atoms with E-state index in [1.807, 2.05) is 0 Å². The molecule has 0 aromatic carbocycles. The summed E-state index contributed by atoms with van der Waals surface area (Å²) in [5.74, 6) is 2.50. The van der Waals surface area contributed by atoms with Crippen LogP contribution in [0, 0.1) is 34.5 Å². The summed E-state index contributed by atoms with van der Waals surface area (Å²) in [4.78, 5) is 27.4. The van der Waals surface area contributed by atoms with Gasteiger partial charge in [-0.1, -0.05) is 20.3 Å². The van der Waals surface area contributed by atoms with Gasteiger partial charge in [-0.3, -0.25) is 14.5 Å². The number of quaternary nitrogens is 1. The molecular weight excluding hydrogens is 500 g/mol. The molecule has 4 unspecified atom stereocenters. The van der Waals surface area contributed by atoms with E-state index in [0.717, 1.165) is 29.9 Å². The van der Waals surface area contributed by atoms with Gasteiger partial charge in [-0.15, -0.1) is 0 Å². The van der Waals surface area contributed by atoms with Gasteiger partial charge in [-0.25, -0.2) is 0 Å². The van der Waals surface area contributed by atoms with Gasteiger partial charge in [-0.2, -0.15) is 0 Å². The number of piperidine rings is 2. The number of nitrogens with zero attached hydrogens (tertiary/aromatic N) is 2. The molecular formula is C34H57N2O4+. The normalized spacial score (nSPS) is 46.9. The fourth-order valence-corrected chi connectivity index (χ4v) is 11.7. The van der Waals surface area contributed by atoms with Crippen LogP contribution in [0.25, 0.3) is 0 Å². The third-order valence-corrected chi connectivity index (χ3v) is 13.7. The van der Waals surface area contributed by atoms with Crippen LogP contribution in [0.5, 0.6) is 0 Å². The molecule has 6 nitrogen and oxygen atoms in total. The minimum absolute atomic E-state index is 0.0466. The Labute approximate surface area is 243 Å². The fourth-order valence-electron chi connectivity index (χ4n) is 11.7. The van der Waals surface area contributed by atoms with E-state index in [9.17, 15) is 9.59 Å². The van der Waals surface area contributed by atoms with Gasteiger partial charge >= 0.3 is 11.9 Å². The van der Waals surface area contributed by atoms with Gasteiger partial charge in [-0.05, 0) is 113 Å². The lowest BCUT2D eigenvalue weighted by Gasteiger charge is -2.62. The first kappa shape index (κ1) is 29.0. The molecule has 6 aliphatic rings. The molecule has 2 saturated heterocycles. The zero-order valence-electron chi connectivity index (χ0n) is 26.2. The highest BCUT2D eigenvalue weighted by Crippen LogP contribution is 2.67. The molecule has 6 fully saturated rings. The van der Waals surface area contributed by atoms with Crippen LogP contribution in [0.1, 0.15) is 111 Å². The van der Waals surface area contributed by atoms with E-state index < -0.39 is 0 Å². The third-order valence-electron chi connectivity index (χ3n) is 13.7. The number of ether oxygens (including phenoxy) is 2. The molecule has 2 heterocycles. The van der Waals surface area contributed by atoms with Crippen molar-refractivity contribution in [2.24, 2.45) is 34.5 Å². The number of carbonyl (C=O) groups excluding carboxylic acids is 2. The summed E-state index contributed by atoms with van der Waals surface area (Å²) in [6.07, 6.45) is 16.3. The van der Waals surface area contributed by atoms with Gasteiger partial charge in [0.1, 0.15) is 12.1 Å². The van der Waals surface area contributed by atoms with Crippen LogP contribution in [0.4, 0.5) is 0 Å². The minimum Gasteiger partial charge on any atom is -0.461 e. The number of esters is 2. The largest absolute Gasteiger partial charge is 0.461 e.